The molecule has 2 aliphatic heterocycles. The summed E-state index contributed by atoms with van der Waals surface area (Å²) in [5.41, 5.74) is 2.60. The van der Waals surface area contributed by atoms with Crippen LogP contribution in [0.5, 0.6) is 5.88 Å². The highest BCUT2D eigenvalue weighted by molar-refractivity contribution is 5.27. The predicted octanol–water partition coefficient (Wildman–Crippen LogP) is 2.47. The van der Waals surface area contributed by atoms with Crippen molar-refractivity contribution in [1.82, 2.24) is 14.8 Å². The molecule has 1 aromatic rings. The van der Waals surface area contributed by atoms with E-state index in [0.717, 1.165) is 44.4 Å². The molecule has 1 saturated carbocycles. The Kier molecular flexibility index (Phi) is 4.05. The van der Waals surface area contributed by atoms with Gasteiger partial charge in [-0.1, -0.05) is 18.9 Å². The Bertz CT molecular complexity index is 527. The molecular weight excluding hydrogens is 274 g/mol. The van der Waals surface area contributed by atoms with E-state index >= 15 is 0 Å². The second kappa shape index (κ2) is 6.17. The van der Waals surface area contributed by atoms with Gasteiger partial charge in [0.25, 0.3) is 0 Å². The van der Waals surface area contributed by atoms with Gasteiger partial charge in [0.2, 0.25) is 5.88 Å². The predicted molar refractivity (Wildman–Crippen MR) is 87.1 cm³/mol. The van der Waals surface area contributed by atoms with Crippen LogP contribution in [0.15, 0.2) is 12.1 Å². The Morgan fingerprint density at radius 1 is 1.14 bits per heavy atom. The molecule has 0 aromatic carbocycles. The lowest BCUT2D eigenvalue weighted by atomic mass is 10.1. The summed E-state index contributed by atoms with van der Waals surface area (Å²) in [6, 6.07) is 5.09. The molecule has 1 aromatic heterocycles. The maximum atomic E-state index is 6.19. The molecule has 0 unspecified atom stereocenters. The van der Waals surface area contributed by atoms with E-state index in [-0.39, 0.29) is 0 Å². The van der Waals surface area contributed by atoms with Crippen molar-refractivity contribution in [3.05, 3.63) is 23.4 Å². The fourth-order valence-corrected chi connectivity index (χ4v) is 4.22. The molecule has 3 heterocycles. The van der Waals surface area contributed by atoms with Gasteiger partial charge >= 0.3 is 0 Å². The highest BCUT2D eigenvalue weighted by Crippen LogP contribution is 2.28. The molecule has 0 bridgehead atoms. The zero-order valence-corrected chi connectivity index (χ0v) is 13.6. The first-order chi connectivity index (χ1) is 10.8. The SMILES string of the molecule is CN1CCc2nc(O[C@@H]3CCN(C4CCCC4)C3)ccc2C1. The fraction of sp³-hybridized carbons (Fsp3) is 0.722. The molecule has 0 spiro atoms. The van der Waals surface area contributed by atoms with E-state index in [1.807, 2.05) is 0 Å². The summed E-state index contributed by atoms with van der Waals surface area (Å²) < 4.78 is 6.19. The van der Waals surface area contributed by atoms with E-state index in [1.54, 1.807) is 0 Å². The summed E-state index contributed by atoms with van der Waals surface area (Å²) in [6.07, 6.45) is 8.12. The first kappa shape index (κ1) is 14.5. The van der Waals surface area contributed by atoms with Crippen molar-refractivity contribution >= 4 is 0 Å². The summed E-state index contributed by atoms with van der Waals surface area (Å²) in [7, 11) is 2.17. The van der Waals surface area contributed by atoms with E-state index in [4.69, 9.17) is 9.72 Å². The lowest BCUT2D eigenvalue weighted by Crippen LogP contribution is -2.33. The zero-order valence-electron chi connectivity index (χ0n) is 13.6. The molecule has 0 N–H and O–H groups in total. The van der Waals surface area contributed by atoms with Gasteiger partial charge in [-0.2, -0.15) is 0 Å². The lowest BCUT2D eigenvalue weighted by molar-refractivity contribution is 0.172. The van der Waals surface area contributed by atoms with Crippen LogP contribution in [-0.4, -0.2) is 53.6 Å². The fourth-order valence-electron chi connectivity index (χ4n) is 4.22. The minimum Gasteiger partial charge on any atom is -0.473 e. The van der Waals surface area contributed by atoms with Crippen LogP contribution in [0.3, 0.4) is 0 Å². The molecule has 0 radical (unpaired) electrons. The third-order valence-corrected chi connectivity index (χ3v) is 5.52. The number of pyridine rings is 1. The molecule has 1 aliphatic carbocycles. The quantitative estimate of drug-likeness (QED) is 0.857. The van der Waals surface area contributed by atoms with Gasteiger partial charge in [-0.3, -0.25) is 4.90 Å². The molecule has 3 aliphatic rings. The Morgan fingerprint density at radius 2 is 2.00 bits per heavy atom. The van der Waals surface area contributed by atoms with Crippen LogP contribution in [0.25, 0.3) is 0 Å². The van der Waals surface area contributed by atoms with Gasteiger partial charge in [0, 0.05) is 44.7 Å². The standard InChI is InChI=1S/C18H27N3O/c1-20-10-9-17-14(12-20)6-7-18(19-17)22-16-8-11-21(13-16)15-4-2-3-5-15/h6-7,15-16H,2-5,8-13H2,1H3/t16-/m1/s1. The van der Waals surface area contributed by atoms with Crippen LogP contribution in [0.2, 0.25) is 0 Å². The molecule has 2 fully saturated rings. The van der Waals surface area contributed by atoms with Crippen molar-refractivity contribution in [2.75, 3.05) is 26.7 Å². The molecule has 1 atom stereocenters. The Balaban J connectivity index is 1.37. The van der Waals surface area contributed by atoms with Crippen LogP contribution in [-0.2, 0) is 13.0 Å². The number of likely N-dealkylation sites (tertiary alicyclic amines) is 1. The second-order valence-electron chi connectivity index (χ2n) is 7.20. The number of hydrogen-bond acceptors (Lipinski definition) is 4. The van der Waals surface area contributed by atoms with E-state index < -0.39 is 0 Å². The number of likely N-dealkylation sites (N-methyl/N-ethyl adjacent to an activating group) is 1. The molecule has 22 heavy (non-hydrogen) atoms. The molecule has 120 valence electrons. The molecule has 1 saturated heterocycles. The largest absolute Gasteiger partial charge is 0.473 e. The number of ether oxygens (including phenoxy) is 1. The Morgan fingerprint density at radius 3 is 2.86 bits per heavy atom. The van der Waals surface area contributed by atoms with E-state index in [0.29, 0.717) is 6.10 Å². The average Bonchev–Trinajstić information content (AvgIpc) is 3.18. The maximum Gasteiger partial charge on any atom is 0.213 e. The highest BCUT2D eigenvalue weighted by atomic mass is 16.5. The van der Waals surface area contributed by atoms with Crippen molar-refractivity contribution in [2.24, 2.45) is 0 Å². The van der Waals surface area contributed by atoms with Gasteiger partial charge in [0.15, 0.2) is 0 Å². The summed E-state index contributed by atoms with van der Waals surface area (Å²) >= 11 is 0. The number of aromatic nitrogens is 1. The minimum absolute atomic E-state index is 0.331. The van der Waals surface area contributed by atoms with Crippen molar-refractivity contribution in [3.8, 4) is 5.88 Å². The molecule has 4 nitrogen and oxygen atoms in total. The third-order valence-electron chi connectivity index (χ3n) is 5.52. The smallest absolute Gasteiger partial charge is 0.213 e. The molecule has 0 amide bonds. The van der Waals surface area contributed by atoms with Crippen molar-refractivity contribution in [1.29, 1.82) is 0 Å². The summed E-state index contributed by atoms with van der Waals surface area (Å²) in [5, 5.41) is 0. The molecule has 4 rings (SSSR count). The van der Waals surface area contributed by atoms with Gasteiger partial charge < -0.3 is 9.64 Å². The topological polar surface area (TPSA) is 28.6 Å². The van der Waals surface area contributed by atoms with Crippen molar-refractivity contribution < 1.29 is 4.74 Å². The van der Waals surface area contributed by atoms with Gasteiger partial charge in [-0.05, 0) is 31.9 Å². The van der Waals surface area contributed by atoms with E-state index in [9.17, 15) is 0 Å². The number of hydrogen-bond donors (Lipinski definition) is 0. The first-order valence-electron chi connectivity index (χ1n) is 8.86. The number of nitrogens with zero attached hydrogens (tertiary/aromatic N) is 3. The maximum absolute atomic E-state index is 6.19. The van der Waals surface area contributed by atoms with E-state index in [1.165, 1.54) is 43.5 Å². The summed E-state index contributed by atoms with van der Waals surface area (Å²) in [4.78, 5) is 9.76. The van der Waals surface area contributed by atoms with Gasteiger partial charge in [-0.15, -0.1) is 0 Å². The number of rotatable bonds is 3. The van der Waals surface area contributed by atoms with Crippen molar-refractivity contribution in [2.45, 2.75) is 57.2 Å². The average molecular weight is 301 g/mol. The number of fused-ring (bicyclic) bond motifs is 1. The van der Waals surface area contributed by atoms with E-state index in [2.05, 4.69) is 29.0 Å². The highest BCUT2D eigenvalue weighted by Gasteiger charge is 2.31. The molecule has 4 heteroatoms. The van der Waals surface area contributed by atoms with Gasteiger partial charge in [-0.25, -0.2) is 4.98 Å². The van der Waals surface area contributed by atoms with Crippen LogP contribution in [0.1, 0.15) is 43.4 Å². The van der Waals surface area contributed by atoms with Crippen LogP contribution in [0.4, 0.5) is 0 Å². The second-order valence-corrected chi connectivity index (χ2v) is 7.20. The lowest BCUT2D eigenvalue weighted by Gasteiger charge is -2.25. The van der Waals surface area contributed by atoms with Gasteiger partial charge in [0.1, 0.15) is 6.10 Å². The first-order valence-corrected chi connectivity index (χ1v) is 8.86. The zero-order chi connectivity index (χ0) is 14.9. The normalized spacial score (nSPS) is 27.2. The Hall–Kier alpha value is -1.13. The third kappa shape index (κ3) is 2.99. The monoisotopic (exact) mass is 301 g/mol. The molecular formula is C18H27N3O. The van der Waals surface area contributed by atoms with Crippen LogP contribution in [0, 0.1) is 0 Å². The van der Waals surface area contributed by atoms with Crippen molar-refractivity contribution in [3.63, 3.8) is 0 Å². The summed E-state index contributed by atoms with van der Waals surface area (Å²) in [5.74, 6) is 0.835. The van der Waals surface area contributed by atoms with Gasteiger partial charge in [0.05, 0.1) is 5.69 Å². The van der Waals surface area contributed by atoms with Crippen LogP contribution < -0.4 is 4.74 Å². The Labute approximate surface area is 133 Å². The minimum atomic E-state index is 0.331. The van der Waals surface area contributed by atoms with Crippen LogP contribution >= 0.6 is 0 Å². The summed E-state index contributed by atoms with van der Waals surface area (Å²) in [6.45, 7) is 4.40.